The van der Waals surface area contributed by atoms with E-state index in [4.69, 9.17) is 0 Å². The summed E-state index contributed by atoms with van der Waals surface area (Å²) in [4.78, 5) is 42.3. The minimum Gasteiger partial charge on any atom is -0.382 e. The van der Waals surface area contributed by atoms with Gasteiger partial charge in [-0.05, 0) is 49.1 Å². The zero-order chi connectivity index (χ0) is 26.4. The number of piperidine rings is 1. The maximum absolute atomic E-state index is 13.2. The van der Waals surface area contributed by atoms with Crippen molar-refractivity contribution in [2.45, 2.75) is 63.6 Å². The van der Waals surface area contributed by atoms with Crippen LogP contribution in [-0.4, -0.2) is 78.4 Å². The van der Waals surface area contributed by atoms with E-state index in [1.165, 1.54) is 12.5 Å². The van der Waals surface area contributed by atoms with Crippen molar-refractivity contribution in [1.82, 2.24) is 14.7 Å². The van der Waals surface area contributed by atoms with Crippen LogP contribution in [0.3, 0.4) is 0 Å². The minimum atomic E-state index is -4.66. The molecule has 0 bridgehead atoms. The van der Waals surface area contributed by atoms with Gasteiger partial charge in [0.05, 0.1) is 5.56 Å². The molecule has 2 heterocycles. The Morgan fingerprint density at radius 3 is 2.22 bits per heavy atom. The van der Waals surface area contributed by atoms with Crippen LogP contribution in [-0.2, 0) is 15.8 Å². The Labute approximate surface area is 215 Å². The van der Waals surface area contributed by atoms with E-state index in [1.54, 1.807) is 0 Å². The maximum atomic E-state index is 13.2. The van der Waals surface area contributed by atoms with Gasteiger partial charge in [-0.3, -0.25) is 14.5 Å². The number of hydrogen-bond donors (Lipinski definition) is 1. The van der Waals surface area contributed by atoms with Crippen LogP contribution in [0.1, 0.15) is 56.9 Å². The number of piperazine rings is 1. The van der Waals surface area contributed by atoms with Crippen molar-refractivity contribution in [1.29, 1.82) is 0 Å². The topological polar surface area (TPSA) is 85.3 Å². The molecule has 3 fully saturated rings. The quantitative estimate of drug-likeness (QED) is 0.527. The number of halogens is 3. The van der Waals surface area contributed by atoms with Gasteiger partial charge in [-0.2, -0.15) is 13.2 Å². The second-order valence-electron chi connectivity index (χ2n) is 10.4. The molecule has 0 radical (unpaired) electrons. The van der Waals surface area contributed by atoms with E-state index in [-0.39, 0.29) is 23.6 Å². The highest BCUT2D eigenvalue weighted by Gasteiger charge is 2.35. The maximum Gasteiger partial charge on any atom is 0.418 e. The fraction of sp³-hybridized carbons (Fsp3) is 0.692. The molecule has 0 unspecified atom stereocenters. The second kappa shape index (κ2) is 12.2. The van der Waals surface area contributed by atoms with E-state index in [0.717, 1.165) is 64.0 Å². The Balaban J connectivity index is 1.17. The van der Waals surface area contributed by atoms with E-state index in [1.807, 2.05) is 9.80 Å². The SMILES string of the molecule is O=Nc1ccc(NC2CCN(C(=O)CCN3CCN(C(=O)C4CCCCC4)CC3)CC2)cc1C(F)(F)F. The predicted molar refractivity (Wildman–Crippen MR) is 134 cm³/mol. The van der Waals surface area contributed by atoms with Gasteiger partial charge in [0, 0.05) is 69.9 Å². The summed E-state index contributed by atoms with van der Waals surface area (Å²) in [6.45, 7) is 4.77. The highest BCUT2D eigenvalue weighted by molar-refractivity contribution is 5.79. The molecule has 4 rings (SSSR count). The smallest absolute Gasteiger partial charge is 0.382 e. The van der Waals surface area contributed by atoms with Crippen LogP contribution in [0.15, 0.2) is 23.4 Å². The normalized spacial score (nSPS) is 20.6. The van der Waals surface area contributed by atoms with Crippen LogP contribution in [0.5, 0.6) is 0 Å². The first kappa shape index (κ1) is 27.3. The van der Waals surface area contributed by atoms with Crippen LogP contribution in [0.2, 0.25) is 0 Å². The molecule has 8 nitrogen and oxygen atoms in total. The third-order valence-corrected chi connectivity index (χ3v) is 7.90. The standard InChI is InChI=1S/C26H36F3N5O3/c27-26(28,29)22-18-21(6-7-23(22)31-37)30-20-8-12-33(13-9-20)24(35)10-11-32-14-16-34(17-15-32)25(36)19-4-2-1-3-5-19/h6-7,18-20,30H,1-5,8-17H2. The van der Waals surface area contributed by atoms with E-state index in [2.05, 4.69) is 15.4 Å². The van der Waals surface area contributed by atoms with Gasteiger partial charge >= 0.3 is 6.18 Å². The Morgan fingerprint density at radius 2 is 1.59 bits per heavy atom. The first-order chi connectivity index (χ1) is 17.7. The van der Waals surface area contributed by atoms with Crippen LogP contribution in [0, 0.1) is 10.8 Å². The minimum absolute atomic E-state index is 0.0602. The van der Waals surface area contributed by atoms with Gasteiger partial charge in [0.25, 0.3) is 0 Å². The Kier molecular flexibility index (Phi) is 9.04. The van der Waals surface area contributed by atoms with Gasteiger partial charge < -0.3 is 15.1 Å². The van der Waals surface area contributed by atoms with Gasteiger partial charge in [0.1, 0.15) is 5.69 Å². The summed E-state index contributed by atoms with van der Waals surface area (Å²) < 4.78 is 39.5. The Bertz CT molecular complexity index is 951. The number of likely N-dealkylation sites (tertiary alicyclic amines) is 1. The van der Waals surface area contributed by atoms with E-state index < -0.39 is 17.4 Å². The van der Waals surface area contributed by atoms with Crippen molar-refractivity contribution >= 4 is 23.2 Å². The molecule has 1 aliphatic carbocycles. The van der Waals surface area contributed by atoms with Gasteiger partial charge in [-0.25, -0.2) is 0 Å². The lowest BCUT2D eigenvalue weighted by atomic mass is 9.88. The van der Waals surface area contributed by atoms with Gasteiger partial charge in [0.2, 0.25) is 11.8 Å². The molecule has 0 aromatic heterocycles. The summed E-state index contributed by atoms with van der Waals surface area (Å²) in [5, 5.41) is 5.58. The molecular formula is C26H36F3N5O3. The molecule has 1 aromatic rings. The number of carbonyl (C=O) groups is 2. The zero-order valence-corrected chi connectivity index (χ0v) is 21.1. The van der Waals surface area contributed by atoms with Crippen molar-refractivity contribution in [2.75, 3.05) is 51.1 Å². The van der Waals surface area contributed by atoms with Crippen LogP contribution < -0.4 is 5.32 Å². The highest BCUT2D eigenvalue weighted by atomic mass is 19.4. The van der Waals surface area contributed by atoms with Crippen molar-refractivity contribution < 1.29 is 22.8 Å². The number of benzene rings is 1. The molecule has 1 aromatic carbocycles. The van der Waals surface area contributed by atoms with Crippen molar-refractivity contribution in [2.24, 2.45) is 11.1 Å². The predicted octanol–water partition coefficient (Wildman–Crippen LogP) is 4.62. The molecule has 11 heteroatoms. The molecule has 2 amide bonds. The van der Waals surface area contributed by atoms with E-state index in [9.17, 15) is 27.7 Å². The number of amides is 2. The molecule has 1 saturated carbocycles. The molecule has 3 aliphatic rings. The number of alkyl halides is 3. The first-order valence-corrected chi connectivity index (χ1v) is 13.3. The average Bonchev–Trinajstić information content (AvgIpc) is 2.92. The molecule has 2 saturated heterocycles. The monoisotopic (exact) mass is 523 g/mol. The van der Waals surface area contributed by atoms with E-state index in [0.29, 0.717) is 44.8 Å². The third kappa shape index (κ3) is 7.21. The van der Waals surface area contributed by atoms with Gasteiger partial charge in [0.15, 0.2) is 0 Å². The van der Waals surface area contributed by atoms with Crippen molar-refractivity contribution in [3.05, 3.63) is 28.7 Å². The summed E-state index contributed by atoms with van der Waals surface area (Å²) in [6.07, 6.45) is 2.57. The zero-order valence-electron chi connectivity index (χ0n) is 21.1. The Hall–Kier alpha value is -2.69. The number of carbonyl (C=O) groups excluding carboxylic acids is 2. The number of hydrogen-bond acceptors (Lipinski definition) is 6. The fourth-order valence-electron chi connectivity index (χ4n) is 5.65. The van der Waals surface area contributed by atoms with Crippen LogP contribution >= 0.6 is 0 Å². The molecule has 2 aliphatic heterocycles. The van der Waals surface area contributed by atoms with E-state index >= 15 is 0 Å². The van der Waals surface area contributed by atoms with Crippen molar-refractivity contribution in [3.63, 3.8) is 0 Å². The lowest BCUT2D eigenvalue weighted by Gasteiger charge is -2.37. The highest BCUT2D eigenvalue weighted by Crippen LogP contribution is 2.38. The largest absolute Gasteiger partial charge is 0.418 e. The number of rotatable bonds is 7. The van der Waals surface area contributed by atoms with Gasteiger partial charge in [-0.1, -0.05) is 19.3 Å². The second-order valence-corrected chi connectivity index (χ2v) is 10.4. The summed E-state index contributed by atoms with van der Waals surface area (Å²) in [5.41, 5.74) is -1.40. The van der Waals surface area contributed by atoms with Crippen molar-refractivity contribution in [3.8, 4) is 0 Å². The number of nitroso groups, excluding NO2 is 1. The summed E-state index contributed by atoms with van der Waals surface area (Å²) in [7, 11) is 0. The lowest BCUT2D eigenvalue weighted by molar-refractivity contribution is -0.139. The molecule has 1 N–H and O–H groups in total. The van der Waals surface area contributed by atoms with Crippen LogP contribution in [0.25, 0.3) is 0 Å². The Morgan fingerprint density at radius 1 is 0.919 bits per heavy atom. The molecular weight excluding hydrogens is 487 g/mol. The lowest BCUT2D eigenvalue weighted by Crippen LogP contribution is -2.51. The summed E-state index contributed by atoms with van der Waals surface area (Å²) >= 11 is 0. The summed E-state index contributed by atoms with van der Waals surface area (Å²) in [6, 6.07) is 3.35. The number of anilines is 1. The van der Waals surface area contributed by atoms with Crippen LogP contribution in [0.4, 0.5) is 24.5 Å². The molecule has 204 valence electrons. The number of nitrogens with zero attached hydrogens (tertiary/aromatic N) is 4. The summed E-state index contributed by atoms with van der Waals surface area (Å²) in [5.74, 6) is 0.580. The fourth-order valence-corrected chi connectivity index (χ4v) is 5.65. The third-order valence-electron chi connectivity index (χ3n) is 7.90. The number of nitrogens with one attached hydrogen (secondary N) is 1. The molecule has 0 spiro atoms. The molecule has 37 heavy (non-hydrogen) atoms. The first-order valence-electron chi connectivity index (χ1n) is 13.3. The molecule has 0 atom stereocenters. The van der Waals surface area contributed by atoms with Gasteiger partial charge in [-0.15, -0.1) is 4.91 Å². The average molecular weight is 524 g/mol.